The number of ether oxygens (including phenoxy) is 1. The predicted octanol–water partition coefficient (Wildman–Crippen LogP) is 2.96. The molecule has 166 valence electrons. The summed E-state index contributed by atoms with van der Waals surface area (Å²) in [5.41, 5.74) is 8.42. The van der Waals surface area contributed by atoms with Crippen LogP contribution in [0.2, 0.25) is 0 Å². The minimum atomic E-state index is 0.236. The second-order valence-electron chi connectivity index (χ2n) is 7.78. The van der Waals surface area contributed by atoms with Gasteiger partial charge in [0, 0.05) is 48.0 Å². The van der Waals surface area contributed by atoms with Crippen LogP contribution in [0, 0.1) is 6.92 Å². The van der Waals surface area contributed by atoms with E-state index in [1.54, 1.807) is 35.1 Å². The van der Waals surface area contributed by atoms with Gasteiger partial charge in [0.2, 0.25) is 5.95 Å². The molecule has 0 aliphatic carbocycles. The third-order valence-electron chi connectivity index (χ3n) is 5.14. The van der Waals surface area contributed by atoms with Crippen LogP contribution in [-0.2, 0) is 17.8 Å². The summed E-state index contributed by atoms with van der Waals surface area (Å²) >= 11 is 3.45. The Morgan fingerprint density at radius 3 is 2.62 bits per heavy atom. The van der Waals surface area contributed by atoms with Crippen LogP contribution >= 0.6 is 22.7 Å². The number of nitrogens with zero attached hydrogens (tertiary/aromatic N) is 7. The minimum Gasteiger partial charge on any atom is -0.378 e. The maximum atomic E-state index is 5.66. The highest BCUT2D eigenvalue weighted by molar-refractivity contribution is 7.19. The van der Waals surface area contributed by atoms with Crippen LogP contribution in [0.4, 0.5) is 11.8 Å². The van der Waals surface area contributed by atoms with Crippen LogP contribution in [0.5, 0.6) is 0 Å². The van der Waals surface area contributed by atoms with Crippen molar-refractivity contribution >= 4 is 44.7 Å². The van der Waals surface area contributed by atoms with Crippen molar-refractivity contribution in [3.63, 3.8) is 0 Å². The zero-order valence-corrected chi connectivity index (χ0v) is 19.6. The molecule has 11 heteroatoms. The summed E-state index contributed by atoms with van der Waals surface area (Å²) in [6.07, 6.45) is 3.34. The maximum Gasteiger partial charge on any atom is 0.219 e. The second kappa shape index (κ2) is 9.02. The van der Waals surface area contributed by atoms with E-state index in [0.717, 1.165) is 58.5 Å². The molecule has 4 aromatic rings. The SMILES string of the molecule is Cc1csc(CN(C)Cc2cc3nc(-c4cnc(N)nc4)nc(N4CCOCC4)c3s2)n1. The molecule has 0 spiro atoms. The molecule has 1 fully saturated rings. The molecule has 0 unspecified atom stereocenters. The highest BCUT2D eigenvalue weighted by Crippen LogP contribution is 2.35. The summed E-state index contributed by atoms with van der Waals surface area (Å²) < 4.78 is 6.65. The molecule has 0 saturated carbocycles. The first-order valence-electron chi connectivity index (χ1n) is 10.4. The van der Waals surface area contributed by atoms with Gasteiger partial charge in [-0.25, -0.2) is 24.9 Å². The summed E-state index contributed by atoms with van der Waals surface area (Å²) in [6.45, 7) is 6.67. The van der Waals surface area contributed by atoms with E-state index in [9.17, 15) is 0 Å². The molecule has 5 rings (SSSR count). The topological polar surface area (TPSA) is 106 Å². The number of morpholine rings is 1. The molecular weight excluding hydrogens is 444 g/mol. The minimum absolute atomic E-state index is 0.236. The molecule has 0 atom stereocenters. The van der Waals surface area contributed by atoms with E-state index >= 15 is 0 Å². The first-order chi connectivity index (χ1) is 15.5. The van der Waals surface area contributed by atoms with Gasteiger partial charge in [-0.15, -0.1) is 22.7 Å². The van der Waals surface area contributed by atoms with Crippen LogP contribution in [0.3, 0.4) is 0 Å². The molecule has 0 bridgehead atoms. The number of anilines is 2. The van der Waals surface area contributed by atoms with Gasteiger partial charge in [0.15, 0.2) is 11.6 Å². The summed E-state index contributed by atoms with van der Waals surface area (Å²) in [7, 11) is 2.12. The molecule has 4 aromatic heterocycles. The van der Waals surface area contributed by atoms with E-state index in [1.807, 2.05) is 6.92 Å². The van der Waals surface area contributed by atoms with Crippen molar-refractivity contribution in [2.45, 2.75) is 20.0 Å². The Bertz CT molecular complexity index is 1220. The summed E-state index contributed by atoms with van der Waals surface area (Å²) in [5.74, 6) is 1.79. The third kappa shape index (κ3) is 4.56. The van der Waals surface area contributed by atoms with Crippen LogP contribution in [0.15, 0.2) is 23.8 Å². The van der Waals surface area contributed by atoms with Crippen molar-refractivity contribution in [2.24, 2.45) is 0 Å². The fraction of sp³-hybridized carbons (Fsp3) is 0.381. The van der Waals surface area contributed by atoms with Crippen LogP contribution in [0.1, 0.15) is 15.6 Å². The highest BCUT2D eigenvalue weighted by Gasteiger charge is 2.21. The van der Waals surface area contributed by atoms with Gasteiger partial charge in [0.05, 0.1) is 35.5 Å². The van der Waals surface area contributed by atoms with E-state index in [4.69, 9.17) is 20.4 Å². The number of aryl methyl sites for hydroxylation is 1. The van der Waals surface area contributed by atoms with Crippen molar-refractivity contribution < 1.29 is 4.74 Å². The van der Waals surface area contributed by atoms with E-state index in [-0.39, 0.29) is 5.95 Å². The zero-order valence-electron chi connectivity index (χ0n) is 18.0. The summed E-state index contributed by atoms with van der Waals surface area (Å²) in [6, 6.07) is 2.16. The first-order valence-corrected chi connectivity index (χ1v) is 12.1. The molecule has 5 heterocycles. The standard InChI is InChI=1S/C21H24N8OS2/c1-13-12-31-17(25-13)11-28(2)10-15-7-16-18(32-15)20(29-3-5-30-6-4-29)27-19(26-16)14-8-23-21(22)24-9-14/h7-9,12H,3-6,10-11H2,1-2H3,(H2,22,23,24). The van der Waals surface area contributed by atoms with E-state index in [2.05, 4.69) is 43.2 Å². The number of rotatable bonds is 6. The molecule has 1 aliphatic heterocycles. The Labute approximate surface area is 193 Å². The third-order valence-corrected chi connectivity index (χ3v) is 7.20. The lowest BCUT2D eigenvalue weighted by Gasteiger charge is -2.28. The van der Waals surface area contributed by atoms with Crippen LogP contribution in [-0.4, -0.2) is 63.2 Å². The van der Waals surface area contributed by atoms with Gasteiger partial charge in [-0.3, -0.25) is 4.90 Å². The number of thiazole rings is 1. The van der Waals surface area contributed by atoms with Crippen molar-refractivity contribution in [3.05, 3.63) is 39.4 Å². The highest BCUT2D eigenvalue weighted by atomic mass is 32.1. The number of fused-ring (bicyclic) bond motifs is 1. The number of hydrogen-bond acceptors (Lipinski definition) is 11. The Balaban J connectivity index is 1.48. The molecule has 2 N–H and O–H groups in total. The fourth-order valence-electron chi connectivity index (χ4n) is 3.64. The van der Waals surface area contributed by atoms with Crippen molar-refractivity contribution in [2.75, 3.05) is 44.0 Å². The fourth-order valence-corrected chi connectivity index (χ4v) is 5.69. The van der Waals surface area contributed by atoms with Crippen LogP contribution < -0.4 is 10.6 Å². The smallest absolute Gasteiger partial charge is 0.219 e. The Hall–Kier alpha value is -2.73. The van der Waals surface area contributed by atoms with Gasteiger partial charge >= 0.3 is 0 Å². The second-order valence-corrected chi connectivity index (χ2v) is 9.86. The van der Waals surface area contributed by atoms with Crippen molar-refractivity contribution in [1.29, 1.82) is 0 Å². The van der Waals surface area contributed by atoms with Gasteiger partial charge in [0.1, 0.15) is 5.01 Å². The largest absolute Gasteiger partial charge is 0.378 e. The van der Waals surface area contributed by atoms with Crippen LogP contribution in [0.25, 0.3) is 21.6 Å². The molecule has 0 aromatic carbocycles. The molecule has 32 heavy (non-hydrogen) atoms. The first kappa shape index (κ1) is 21.1. The molecule has 1 aliphatic rings. The summed E-state index contributed by atoms with van der Waals surface area (Å²) in [5, 5.41) is 3.22. The normalized spacial score (nSPS) is 14.5. The quantitative estimate of drug-likeness (QED) is 0.457. The lowest BCUT2D eigenvalue weighted by Crippen LogP contribution is -2.36. The molecule has 0 radical (unpaired) electrons. The number of aromatic nitrogens is 5. The molecular formula is C21H24N8OS2. The molecule has 9 nitrogen and oxygen atoms in total. The Morgan fingerprint density at radius 2 is 1.91 bits per heavy atom. The molecule has 0 amide bonds. The van der Waals surface area contributed by atoms with Gasteiger partial charge in [0.25, 0.3) is 0 Å². The lowest BCUT2D eigenvalue weighted by atomic mass is 10.3. The van der Waals surface area contributed by atoms with Crippen molar-refractivity contribution in [3.8, 4) is 11.4 Å². The average Bonchev–Trinajstić information content (AvgIpc) is 3.39. The number of hydrogen-bond donors (Lipinski definition) is 1. The number of nitrogens with two attached hydrogens (primary N) is 1. The lowest BCUT2D eigenvalue weighted by molar-refractivity contribution is 0.122. The maximum absolute atomic E-state index is 5.66. The van der Waals surface area contributed by atoms with Crippen molar-refractivity contribution in [1.82, 2.24) is 29.8 Å². The monoisotopic (exact) mass is 468 g/mol. The zero-order chi connectivity index (χ0) is 22.1. The molecule has 1 saturated heterocycles. The summed E-state index contributed by atoms with van der Waals surface area (Å²) in [4.78, 5) is 28.3. The van der Waals surface area contributed by atoms with Gasteiger partial charge in [-0.2, -0.15) is 0 Å². The van der Waals surface area contributed by atoms with Gasteiger partial charge in [-0.1, -0.05) is 0 Å². The van der Waals surface area contributed by atoms with Gasteiger partial charge < -0.3 is 15.4 Å². The number of thiophene rings is 1. The average molecular weight is 469 g/mol. The van der Waals surface area contributed by atoms with E-state index < -0.39 is 0 Å². The van der Waals surface area contributed by atoms with E-state index in [0.29, 0.717) is 19.0 Å². The number of nitrogen functional groups attached to an aromatic ring is 1. The van der Waals surface area contributed by atoms with Gasteiger partial charge in [-0.05, 0) is 20.0 Å². The van der Waals surface area contributed by atoms with E-state index in [1.165, 1.54) is 4.88 Å². The Kier molecular flexibility index (Phi) is 5.96. The predicted molar refractivity (Wildman–Crippen MR) is 128 cm³/mol. The Morgan fingerprint density at radius 1 is 1.12 bits per heavy atom.